The van der Waals surface area contributed by atoms with E-state index in [4.69, 9.17) is 9.47 Å². The fourth-order valence-electron chi connectivity index (χ4n) is 5.26. The van der Waals surface area contributed by atoms with Gasteiger partial charge in [0.15, 0.2) is 0 Å². The third kappa shape index (κ3) is 4.48. The molecule has 1 aromatic heterocycles. The zero-order valence-corrected chi connectivity index (χ0v) is 20.1. The quantitative estimate of drug-likeness (QED) is 0.606. The number of carbonyl (C=O) groups is 2. The number of nitrogens with one attached hydrogen (secondary N) is 1. The van der Waals surface area contributed by atoms with Crippen LogP contribution in [0.1, 0.15) is 29.6 Å². The van der Waals surface area contributed by atoms with Crippen molar-refractivity contribution in [1.82, 2.24) is 14.8 Å². The van der Waals surface area contributed by atoms with Crippen LogP contribution >= 0.6 is 0 Å². The highest BCUT2D eigenvalue weighted by atomic mass is 16.5. The van der Waals surface area contributed by atoms with Gasteiger partial charge < -0.3 is 24.6 Å². The van der Waals surface area contributed by atoms with E-state index in [9.17, 15) is 9.59 Å². The molecule has 5 rings (SSSR count). The molecular formula is C27H30N4O4. The number of pyridine rings is 1. The lowest BCUT2D eigenvalue weighted by Crippen LogP contribution is -2.46. The van der Waals surface area contributed by atoms with Crippen LogP contribution in [0.3, 0.4) is 0 Å². The summed E-state index contributed by atoms with van der Waals surface area (Å²) < 4.78 is 10.5. The Hall–Kier alpha value is -3.81. The number of amides is 3. The van der Waals surface area contributed by atoms with Crippen molar-refractivity contribution < 1.29 is 19.1 Å². The number of benzene rings is 2. The fraction of sp³-hybridized carbons (Fsp3) is 0.370. The summed E-state index contributed by atoms with van der Waals surface area (Å²) in [5.41, 5.74) is 1.31. The number of aromatic nitrogens is 1. The third-order valence-electron chi connectivity index (χ3n) is 7.34. The third-order valence-corrected chi connectivity index (χ3v) is 7.34. The molecule has 2 aromatic carbocycles. The molecule has 35 heavy (non-hydrogen) atoms. The Morgan fingerprint density at radius 2 is 1.60 bits per heavy atom. The van der Waals surface area contributed by atoms with E-state index in [1.807, 2.05) is 52.3 Å². The van der Waals surface area contributed by atoms with Crippen LogP contribution in [-0.4, -0.2) is 67.1 Å². The Morgan fingerprint density at radius 3 is 2.34 bits per heavy atom. The van der Waals surface area contributed by atoms with Crippen LogP contribution in [-0.2, 0) is 0 Å². The van der Waals surface area contributed by atoms with Gasteiger partial charge in [-0.25, -0.2) is 4.79 Å². The molecule has 3 heterocycles. The second-order valence-electron chi connectivity index (χ2n) is 9.33. The van der Waals surface area contributed by atoms with Crippen LogP contribution in [0.2, 0.25) is 0 Å². The number of hydrogen-bond acceptors (Lipinski definition) is 5. The summed E-state index contributed by atoms with van der Waals surface area (Å²) in [5, 5.41) is 5.23. The molecule has 2 aliphatic heterocycles. The first-order valence-electron chi connectivity index (χ1n) is 11.9. The molecule has 2 aliphatic rings. The highest BCUT2D eigenvalue weighted by Gasteiger charge is 2.43. The lowest BCUT2D eigenvalue weighted by molar-refractivity contribution is 0.0735. The van der Waals surface area contributed by atoms with Gasteiger partial charge in [-0.3, -0.25) is 4.79 Å². The number of anilines is 1. The number of ether oxygens (including phenoxy) is 2. The van der Waals surface area contributed by atoms with Gasteiger partial charge in [-0.1, -0.05) is 36.4 Å². The maximum absolute atomic E-state index is 13.2. The first-order chi connectivity index (χ1) is 17.0. The van der Waals surface area contributed by atoms with Crippen LogP contribution in [0.5, 0.6) is 11.8 Å². The van der Waals surface area contributed by atoms with E-state index in [-0.39, 0.29) is 23.2 Å². The van der Waals surface area contributed by atoms with E-state index < -0.39 is 0 Å². The van der Waals surface area contributed by atoms with Crippen molar-refractivity contribution in [3.05, 3.63) is 60.2 Å². The van der Waals surface area contributed by atoms with Crippen LogP contribution in [0.15, 0.2) is 54.6 Å². The van der Waals surface area contributed by atoms with Crippen molar-refractivity contribution in [2.24, 2.45) is 5.41 Å². The smallest absolute Gasteiger partial charge is 0.321 e. The lowest BCUT2D eigenvalue weighted by Gasteiger charge is -2.39. The van der Waals surface area contributed by atoms with Crippen LogP contribution in [0.4, 0.5) is 10.5 Å². The van der Waals surface area contributed by atoms with Gasteiger partial charge in [-0.05, 0) is 42.2 Å². The summed E-state index contributed by atoms with van der Waals surface area (Å²) in [6.45, 7) is 2.72. The minimum absolute atomic E-state index is 0.0407. The average Bonchev–Trinajstić information content (AvgIpc) is 3.31. The number of likely N-dealkylation sites (tertiary alicyclic amines) is 2. The second kappa shape index (κ2) is 9.44. The van der Waals surface area contributed by atoms with E-state index in [0.29, 0.717) is 37.6 Å². The van der Waals surface area contributed by atoms with Crippen molar-refractivity contribution in [1.29, 1.82) is 0 Å². The van der Waals surface area contributed by atoms with E-state index in [1.54, 1.807) is 12.1 Å². The number of nitrogens with zero attached hydrogens (tertiary/aromatic N) is 3. The van der Waals surface area contributed by atoms with E-state index >= 15 is 0 Å². The molecule has 0 radical (unpaired) electrons. The van der Waals surface area contributed by atoms with Gasteiger partial charge in [0, 0.05) is 37.6 Å². The molecule has 0 bridgehead atoms. The fourth-order valence-corrected chi connectivity index (χ4v) is 5.26. The standard InChI is InChI=1S/C27H30N4O4/c1-34-23-11-10-21(24(29-23)35-2)25(32)31-17-14-27(18-31)12-15-30(16-13-27)26(33)28-22-9-5-7-19-6-3-4-8-20(19)22/h3-11H,12-18H2,1-2H3,(H,28,33). The largest absolute Gasteiger partial charge is 0.481 e. The summed E-state index contributed by atoms with van der Waals surface area (Å²) in [7, 11) is 3.03. The molecule has 8 heteroatoms. The highest BCUT2D eigenvalue weighted by Crippen LogP contribution is 2.41. The molecule has 0 saturated carbocycles. The maximum atomic E-state index is 13.2. The molecule has 1 spiro atoms. The van der Waals surface area contributed by atoms with Crippen molar-refractivity contribution >= 4 is 28.4 Å². The summed E-state index contributed by atoms with van der Waals surface area (Å²) in [5.74, 6) is 0.602. The van der Waals surface area contributed by atoms with Crippen LogP contribution < -0.4 is 14.8 Å². The SMILES string of the molecule is COc1ccc(C(=O)N2CCC3(CCN(C(=O)Nc4cccc5ccccc45)CC3)C2)c(OC)n1. The number of carbonyl (C=O) groups excluding carboxylic acids is 2. The molecule has 3 amide bonds. The van der Waals surface area contributed by atoms with Crippen molar-refractivity contribution in [3.63, 3.8) is 0 Å². The number of rotatable bonds is 4. The molecule has 182 valence electrons. The topological polar surface area (TPSA) is 84.0 Å². The summed E-state index contributed by atoms with van der Waals surface area (Å²) in [4.78, 5) is 34.3. The normalized spacial score (nSPS) is 17.0. The molecular weight excluding hydrogens is 444 g/mol. The molecule has 3 aromatic rings. The Labute approximate surface area is 204 Å². The van der Waals surface area contributed by atoms with Gasteiger partial charge in [0.05, 0.1) is 19.9 Å². The van der Waals surface area contributed by atoms with Gasteiger partial charge in [-0.15, -0.1) is 0 Å². The highest BCUT2D eigenvalue weighted by molar-refractivity contribution is 6.01. The minimum Gasteiger partial charge on any atom is -0.481 e. The first kappa shape index (κ1) is 23.0. The second-order valence-corrected chi connectivity index (χ2v) is 9.33. The number of urea groups is 1. The van der Waals surface area contributed by atoms with Crippen LogP contribution in [0, 0.1) is 5.41 Å². The van der Waals surface area contributed by atoms with Gasteiger partial charge in [0.25, 0.3) is 5.91 Å². The van der Waals surface area contributed by atoms with Gasteiger partial charge in [0.1, 0.15) is 5.56 Å². The van der Waals surface area contributed by atoms with Crippen molar-refractivity contribution in [2.75, 3.05) is 45.7 Å². The molecule has 0 atom stereocenters. The molecule has 0 aliphatic carbocycles. The lowest BCUT2D eigenvalue weighted by atomic mass is 9.78. The summed E-state index contributed by atoms with van der Waals surface area (Å²) >= 11 is 0. The Bertz CT molecular complexity index is 1250. The summed E-state index contributed by atoms with van der Waals surface area (Å²) in [6.07, 6.45) is 2.68. The number of methoxy groups -OCH3 is 2. The van der Waals surface area contributed by atoms with E-state index in [2.05, 4.69) is 10.3 Å². The molecule has 8 nitrogen and oxygen atoms in total. The maximum Gasteiger partial charge on any atom is 0.321 e. The number of fused-ring (bicyclic) bond motifs is 1. The first-order valence-corrected chi connectivity index (χ1v) is 11.9. The molecule has 2 saturated heterocycles. The zero-order valence-electron chi connectivity index (χ0n) is 20.1. The monoisotopic (exact) mass is 474 g/mol. The van der Waals surface area contributed by atoms with Gasteiger partial charge in [-0.2, -0.15) is 4.98 Å². The van der Waals surface area contributed by atoms with E-state index in [1.165, 1.54) is 14.2 Å². The van der Waals surface area contributed by atoms with Crippen LogP contribution in [0.25, 0.3) is 10.8 Å². The number of piperidine rings is 1. The molecule has 2 fully saturated rings. The Morgan fingerprint density at radius 1 is 0.886 bits per heavy atom. The number of hydrogen-bond donors (Lipinski definition) is 1. The average molecular weight is 475 g/mol. The predicted molar refractivity (Wildman–Crippen MR) is 134 cm³/mol. The van der Waals surface area contributed by atoms with E-state index in [0.717, 1.165) is 35.7 Å². The Kier molecular flexibility index (Phi) is 6.19. The van der Waals surface area contributed by atoms with Gasteiger partial charge >= 0.3 is 6.03 Å². The van der Waals surface area contributed by atoms with Crippen molar-refractivity contribution in [2.45, 2.75) is 19.3 Å². The molecule has 0 unspecified atom stereocenters. The predicted octanol–water partition coefficient (Wildman–Crippen LogP) is 4.41. The molecule has 1 N–H and O–H groups in total. The Balaban J connectivity index is 1.21. The minimum atomic E-state index is -0.0787. The van der Waals surface area contributed by atoms with Gasteiger partial charge in [0.2, 0.25) is 11.8 Å². The zero-order chi connectivity index (χ0) is 24.4. The van der Waals surface area contributed by atoms with Crippen molar-refractivity contribution in [3.8, 4) is 11.8 Å². The summed E-state index contributed by atoms with van der Waals surface area (Å²) in [6, 6.07) is 17.3.